The van der Waals surface area contributed by atoms with Gasteiger partial charge in [-0.3, -0.25) is 19.3 Å². The number of rotatable bonds is 5. The van der Waals surface area contributed by atoms with Gasteiger partial charge in [0, 0.05) is 46.0 Å². The van der Waals surface area contributed by atoms with Crippen LogP contribution in [-0.2, 0) is 22.7 Å². The normalized spacial score (nSPS) is 15.5. The van der Waals surface area contributed by atoms with E-state index in [1.165, 1.54) is 10.0 Å². The third-order valence-electron chi connectivity index (χ3n) is 7.04. The van der Waals surface area contributed by atoms with Gasteiger partial charge in [0.2, 0.25) is 12.3 Å². The van der Waals surface area contributed by atoms with E-state index in [4.69, 9.17) is 11.6 Å². The summed E-state index contributed by atoms with van der Waals surface area (Å²) < 4.78 is 1.18. The average molecular weight is 668 g/mol. The molecule has 0 bridgehead atoms. The van der Waals surface area contributed by atoms with Crippen molar-refractivity contribution in [2.24, 2.45) is 0 Å². The van der Waals surface area contributed by atoms with E-state index in [9.17, 15) is 19.2 Å². The van der Waals surface area contributed by atoms with E-state index in [1.807, 2.05) is 51.1 Å². The molecule has 0 saturated carbocycles. The van der Waals surface area contributed by atoms with Crippen LogP contribution in [0.1, 0.15) is 59.3 Å². The minimum Gasteiger partial charge on any atom is -0.334 e. The van der Waals surface area contributed by atoms with Crippen molar-refractivity contribution in [3.8, 4) is 0 Å². The van der Waals surface area contributed by atoms with Crippen molar-refractivity contribution >= 4 is 57.5 Å². The van der Waals surface area contributed by atoms with Crippen LogP contribution in [0.25, 0.3) is 0 Å². The molecule has 5 rings (SSSR count). The molecule has 2 aliphatic rings. The van der Waals surface area contributed by atoms with Crippen molar-refractivity contribution in [2.75, 3.05) is 5.32 Å². The Morgan fingerprint density at radius 3 is 2.42 bits per heavy atom. The molecule has 3 aromatic rings. The molecule has 43 heavy (non-hydrogen) atoms. The first kappa shape index (κ1) is 33.6. The molecule has 5 amide bonds. The van der Waals surface area contributed by atoms with Crippen molar-refractivity contribution in [2.45, 2.75) is 59.7 Å². The Morgan fingerprint density at radius 2 is 1.79 bits per heavy atom. The van der Waals surface area contributed by atoms with Gasteiger partial charge in [0.1, 0.15) is 0 Å². The topological polar surface area (TPSA) is 98.8 Å². The lowest BCUT2D eigenvalue weighted by Crippen LogP contribution is -2.47. The predicted octanol–water partition coefficient (Wildman–Crippen LogP) is 7.37. The minimum atomic E-state index is -0.415. The van der Waals surface area contributed by atoms with Gasteiger partial charge in [0.05, 0.1) is 6.04 Å². The van der Waals surface area contributed by atoms with E-state index in [-0.39, 0.29) is 30.8 Å². The van der Waals surface area contributed by atoms with Crippen LogP contribution in [0.4, 0.5) is 10.5 Å². The van der Waals surface area contributed by atoms with Gasteiger partial charge < -0.3 is 15.5 Å². The predicted molar refractivity (Wildman–Crippen MR) is 174 cm³/mol. The molecule has 0 aromatic heterocycles. The molecule has 226 valence electrons. The molecule has 1 unspecified atom stereocenters. The molecule has 8 nitrogen and oxygen atoms in total. The zero-order valence-electron chi connectivity index (χ0n) is 24.7. The lowest BCUT2D eigenvalue weighted by molar-refractivity contribution is -0.138. The number of aryl methyl sites for hydroxylation is 2. The number of amides is 5. The standard InChI is InChI=1S/C24H23ClN4O4.C7H7Br.C2H6/c1-14-3-5-18(10-20(14)25)27-24(33)26-11-16-4-6-19-17(9-16)12-28(23(19)32)21-7-8-22(31)29(13-30)15(21)2;1-6-4-2-3-5-7(6)8;1-2/h3-6,9-10,13,21H,2,7-8,11-12H2,1H3,(H2,26,27,33);2-5H,1H3;1-2H3. The van der Waals surface area contributed by atoms with Gasteiger partial charge in [-0.05, 0) is 66.8 Å². The van der Waals surface area contributed by atoms with Crippen LogP contribution < -0.4 is 10.6 Å². The second-order valence-corrected chi connectivity index (χ2v) is 11.1. The van der Waals surface area contributed by atoms with E-state index in [1.54, 1.807) is 29.2 Å². The zero-order chi connectivity index (χ0) is 31.7. The summed E-state index contributed by atoms with van der Waals surface area (Å²) in [6.45, 7) is 12.4. The third-order valence-corrected chi connectivity index (χ3v) is 8.33. The highest BCUT2D eigenvalue weighted by Gasteiger charge is 2.39. The molecule has 0 spiro atoms. The molecule has 1 saturated heterocycles. The van der Waals surface area contributed by atoms with E-state index < -0.39 is 6.04 Å². The largest absolute Gasteiger partial charge is 0.334 e. The Morgan fingerprint density at radius 1 is 1.07 bits per heavy atom. The number of nitrogens with zero attached hydrogens (tertiary/aromatic N) is 2. The van der Waals surface area contributed by atoms with Crippen LogP contribution in [0.5, 0.6) is 0 Å². The fourth-order valence-electron chi connectivity index (χ4n) is 4.67. The van der Waals surface area contributed by atoms with Gasteiger partial charge in [-0.25, -0.2) is 4.79 Å². The summed E-state index contributed by atoms with van der Waals surface area (Å²) in [7, 11) is 0. The highest BCUT2D eigenvalue weighted by atomic mass is 79.9. The fourth-order valence-corrected chi connectivity index (χ4v) is 5.13. The highest BCUT2D eigenvalue weighted by molar-refractivity contribution is 9.10. The van der Waals surface area contributed by atoms with Crippen LogP contribution in [-0.4, -0.2) is 40.1 Å². The maximum absolute atomic E-state index is 13.0. The SMILES string of the molecule is C=C1C(N2Cc3cc(CNC(=O)Nc4ccc(C)c(Cl)c4)ccc3C2=O)CCC(=O)N1C=O.CC.Cc1ccccc1Br. The van der Waals surface area contributed by atoms with Crippen LogP contribution in [0.15, 0.2) is 77.4 Å². The van der Waals surface area contributed by atoms with E-state index in [0.29, 0.717) is 41.3 Å². The van der Waals surface area contributed by atoms with Gasteiger partial charge in [-0.1, -0.05) is 84.4 Å². The summed E-state index contributed by atoms with van der Waals surface area (Å²) in [6.07, 6.45) is 1.06. The van der Waals surface area contributed by atoms with Crippen LogP contribution in [0.3, 0.4) is 0 Å². The maximum Gasteiger partial charge on any atom is 0.319 e. The van der Waals surface area contributed by atoms with E-state index >= 15 is 0 Å². The number of piperidine rings is 1. The first-order valence-electron chi connectivity index (χ1n) is 14.0. The molecule has 10 heteroatoms. The van der Waals surface area contributed by atoms with Crippen LogP contribution >= 0.6 is 27.5 Å². The number of halogens is 2. The number of carbonyl (C=O) groups is 4. The summed E-state index contributed by atoms with van der Waals surface area (Å²) in [5.74, 6) is -0.472. The summed E-state index contributed by atoms with van der Waals surface area (Å²) in [5.41, 5.74) is 5.35. The molecule has 1 atom stereocenters. The number of fused-ring (bicyclic) bond motifs is 1. The van der Waals surface area contributed by atoms with Crippen LogP contribution in [0, 0.1) is 13.8 Å². The van der Waals surface area contributed by atoms with E-state index in [0.717, 1.165) is 21.6 Å². The summed E-state index contributed by atoms with van der Waals surface area (Å²) in [4.78, 5) is 51.0. The van der Waals surface area contributed by atoms with Gasteiger partial charge in [-0.2, -0.15) is 0 Å². The van der Waals surface area contributed by atoms with Gasteiger partial charge >= 0.3 is 6.03 Å². The number of hydrogen-bond acceptors (Lipinski definition) is 4. The number of nitrogens with one attached hydrogen (secondary N) is 2. The smallest absolute Gasteiger partial charge is 0.319 e. The quantitative estimate of drug-likeness (QED) is 0.278. The Kier molecular flexibility index (Phi) is 12.1. The van der Waals surface area contributed by atoms with Crippen LogP contribution in [0.2, 0.25) is 5.02 Å². The molecular formula is C33H36BrClN4O4. The third kappa shape index (κ3) is 8.33. The number of benzene rings is 3. The number of hydrogen-bond donors (Lipinski definition) is 2. The minimum absolute atomic E-state index is 0.162. The highest BCUT2D eigenvalue weighted by Crippen LogP contribution is 2.32. The molecule has 1 fully saturated rings. The Bertz CT molecular complexity index is 1510. The van der Waals surface area contributed by atoms with E-state index in [2.05, 4.69) is 46.1 Å². The first-order valence-corrected chi connectivity index (χ1v) is 15.2. The Hall–Kier alpha value is -3.95. The average Bonchev–Trinajstić information content (AvgIpc) is 3.32. The monoisotopic (exact) mass is 666 g/mol. The fraction of sp³-hybridized carbons (Fsp3) is 0.273. The molecular weight excluding hydrogens is 632 g/mol. The van der Waals surface area contributed by atoms with Crippen molar-refractivity contribution in [1.29, 1.82) is 0 Å². The lowest BCUT2D eigenvalue weighted by atomic mass is 10.0. The van der Waals surface area contributed by atoms with Crippen molar-refractivity contribution in [1.82, 2.24) is 15.1 Å². The Balaban J connectivity index is 0.000000433. The number of carbonyl (C=O) groups excluding carboxylic acids is 4. The second-order valence-electron chi connectivity index (χ2n) is 9.86. The van der Waals surface area contributed by atoms with Crippen molar-refractivity contribution in [3.05, 3.63) is 110 Å². The molecule has 0 aliphatic carbocycles. The lowest BCUT2D eigenvalue weighted by Gasteiger charge is -2.36. The Labute approximate surface area is 266 Å². The zero-order valence-corrected chi connectivity index (χ0v) is 27.1. The van der Waals surface area contributed by atoms with Gasteiger partial charge in [-0.15, -0.1) is 0 Å². The molecule has 2 N–H and O–H groups in total. The summed E-state index contributed by atoms with van der Waals surface area (Å²) in [6, 6.07) is 18.1. The first-order chi connectivity index (χ1) is 20.6. The number of anilines is 1. The number of likely N-dealkylation sites (tertiary alicyclic amines) is 1. The molecule has 3 aromatic carbocycles. The maximum atomic E-state index is 13.0. The number of urea groups is 1. The number of imide groups is 1. The molecule has 2 aliphatic heterocycles. The van der Waals surface area contributed by atoms with Gasteiger partial charge in [0.25, 0.3) is 5.91 Å². The van der Waals surface area contributed by atoms with Crippen molar-refractivity contribution < 1.29 is 19.2 Å². The summed E-state index contributed by atoms with van der Waals surface area (Å²) in [5, 5.41) is 6.11. The second kappa shape index (κ2) is 15.5. The molecule has 0 radical (unpaired) electrons. The molecule has 2 heterocycles. The van der Waals surface area contributed by atoms with Crippen molar-refractivity contribution in [3.63, 3.8) is 0 Å². The van der Waals surface area contributed by atoms with Gasteiger partial charge in [0.15, 0.2) is 0 Å². The summed E-state index contributed by atoms with van der Waals surface area (Å²) >= 11 is 9.49.